The maximum absolute atomic E-state index is 12.8. The van der Waals surface area contributed by atoms with Crippen LogP contribution in [0.2, 0.25) is 0 Å². The minimum atomic E-state index is -1.26. The summed E-state index contributed by atoms with van der Waals surface area (Å²) in [4.78, 5) is 37.4. The molecule has 1 saturated heterocycles. The number of rotatable bonds is 8. The van der Waals surface area contributed by atoms with Crippen LogP contribution >= 0.6 is 0 Å². The number of benzene rings is 1. The van der Waals surface area contributed by atoms with Crippen LogP contribution in [0, 0.1) is 0 Å². The lowest BCUT2D eigenvalue weighted by molar-refractivity contribution is -0.130. The van der Waals surface area contributed by atoms with Crippen LogP contribution < -0.4 is 22.1 Å². The minimum Gasteiger partial charge on any atom is -0.394 e. The first-order chi connectivity index (χ1) is 16.8. The van der Waals surface area contributed by atoms with E-state index in [1.54, 1.807) is 0 Å². The van der Waals surface area contributed by atoms with Gasteiger partial charge in [0, 0.05) is 0 Å². The third-order valence-electron chi connectivity index (χ3n) is 5.91. The van der Waals surface area contributed by atoms with Crippen molar-refractivity contribution in [2.45, 2.75) is 49.9 Å². The summed E-state index contributed by atoms with van der Waals surface area (Å²) in [5.74, 6) is -0.891. The fraction of sp³-hybridized carbons (Fsp3) is 0.409. The van der Waals surface area contributed by atoms with E-state index in [9.17, 15) is 19.8 Å². The number of nitrogens with two attached hydrogens (primary N) is 2. The number of carbonyl (C=O) groups is 2. The molecule has 13 heteroatoms. The summed E-state index contributed by atoms with van der Waals surface area (Å²) in [7, 11) is 0. The van der Waals surface area contributed by atoms with Gasteiger partial charge in [-0.05, 0) is 18.9 Å². The molecule has 1 aromatic carbocycles. The Morgan fingerprint density at radius 1 is 1.20 bits per heavy atom. The zero-order valence-corrected chi connectivity index (χ0v) is 19.0. The van der Waals surface area contributed by atoms with Crippen molar-refractivity contribution in [1.82, 2.24) is 30.2 Å². The number of carbonyl (C=O) groups excluding carboxylic acids is 2. The number of aliphatic hydroxyl groups is 2. The summed E-state index contributed by atoms with van der Waals surface area (Å²) in [5.41, 5.74) is 13.4. The topological polar surface area (TPSA) is 204 Å². The second-order valence-electron chi connectivity index (χ2n) is 8.38. The number of hydrogen-bond acceptors (Lipinski definition) is 10. The van der Waals surface area contributed by atoms with Gasteiger partial charge in [-0.15, -0.1) is 0 Å². The maximum Gasteiger partial charge on any atom is 0.242 e. The van der Waals surface area contributed by atoms with Crippen LogP contribution in [0.5, 0.6) is 0 Å². The van der Waals surface area contributed by atoms with E-state index in [1.807, 2.05) is 30.3 Å². The third kappa shape index (κ3) is 5.07. The molecule has 6 atom stereocenters. The second-order valence-corrected chi connectivity index (χ2v) is 8.38. The molecule has 3 aromatic rings. The predicted molar refractivity (Wildman–Crippen MR) is 124 cm³/mol. The first-order valence-corrected chi connectivity index (χ1v) is 11.1. The molecule has 2 aromatic heterocycles. The molecule has 186 valence electrons. The molecule has 0 bridgehead atoms. The lowest BCUT2D eigenvalue weighted by Gasteiger charge is -2.24. The van der Waals surface area contributed by atoms with E-state index in [0.717, 1.165) is 5.56 Å². The monoisotopic (exact) mass is 484 g/mol. The van der Waals surface area contributed by atoms with Crippen LogP contribution in [0.15, 0.2) is 43.0 Å². The molecule has 13 nitrogen and oxygen atoms in total. The first kappa shape index (κ1) is 24.5. The van der Waals surface area contributed by atoms with E-state index < -0.39 is 55.0 Å². The van der Waals surface area contributed by atoms with Gasteiger partial charge in [-0.1, -0.05) is 30.3 Å². The molecular weight excluding hydrogens is 456 g/mol. The fourth-order valence-electron chi connectivity index (χ4n) is 4.00. The highest BCUT2D eigenvalue weighted by atomic mass is 16.5. The number of imidazole rings is 1. The Hall–Kier alpha value is -3.65. The summed E-state index contributed by atoms with van der Waals surface area (Å²) in [6.45, 7) is 1.03. The standard InChI is InChI=1S/C22H28N8O5/c1-11(28-21(34)13(23)7-12-5-3-2-4-6-12)20(33)29-15-14(8-31)35-22(17(15)32)30-10-27-16-18(24)25-9-26-19(16)30/h2-6,9-11,13-15,17,22,31-32H,7-8,23H2,1H3,(H,28,34)(H,29,33)(H2,24,25,26)/t11-,13+,14-,15+,17+,22-/m0/s1. The van der Waals surface area contributed by atoms with Crippen molar-refractivity contribution in [3.8, 4) is 0 Å². The number of fused-ring (bicyclic) bond motifs is 1. The summed E-state index contributed by atoms with van der Waals surface area (Å²) in [6, 6.07) is 6.54. The number of aliphatic hydroxyl groups excluding tert-OH is 2. The van der Waals surface area contributed by atoms with Gasteiger partial charge in [-0.3, -0.25) is 14.2 Å². The van der Waals surface area contributed by atoms with Gasteiger partial charge in [-0.2, -0.15) is 0 Å². The Bertz CT molecular complexity index is 1190. The van der Waals surface area contributed by atoms with Crippen molar-refractivity contribution >= 4 is 28.8 Å². The molecule has 4 rings (SSSR count). The van der Waals surface area contributed by atoms with Gasteiger partial charge in [0.2, 0.25) is 11.8 Å². The Labute approximate surface area is 200 Å². The first-order valence-electron chi connectivity index (χ1n) is 11.1. The van der Waals surface area contributed by atoms with Gasteiger partial charge in [0.05, 0.1) is 25.0 Å². The normalized spacial score (nSPS) is 23.7. The van der Waals surface area contributed by atoms with Gasteiger partial charge in [0.25, 0.3) is 0 Å². The summed E-state index contributed by atoms with van der Waals surface area (Å²) < 4.78 is 7.25. The lowest BCUT2D eigenvalue weighted by Crippen LogP contribution is -2.56. The van der Waals surface area contributed by atoms with Crippen molar-refractivity contribution in [2.24, 2.45) is 5.73 Å². The number of nitrogens with zero attached hydrogens (tertiary/aromatic N) is 4. The number of amides is 2. The van der Waals surface area contributed by atoms with E-state index >= 15 is 0 Å². The van der Waals surface area contributed by atoms with Crippen molar-refractivity contribution in [1.29, 1.82) is 0 Å². The van der Waals surface area contributed by atoms with Crippen molar-refractivity contribution in [3.63, 3.8) is 0 Å². The molecule has 0 unspecified atom stereocenters. The van der Waals surface area contributed by atoms with E-state index in [0.29, 0.717) is 17.6 Å². The summed E-state index contributed by atoms with van der Waals surface area (Å²) in [6.07, 6.45) is -0.212. The van der Waals surface area contributed by atoms with E-state index in [4.69, 9.17) is 16.2 Å². The second kappa shape index (κ2) is 10.3. The number of ether oxygens (including phenoxy) is 1. The number of nitrogens with one attached hydrogen (secondary N) is 2. The minimum absolute atomic E-state index is 0.167. The van der Waals surface area contributed by atoms with Gasteiger partial charge < -0.3 is 37.1 Å². The zero-order valence-electron chi connectivity index (χ0n) is 19.0. The van der Waals surface area contributed by atoms with Crippen LogP contribution in [0.3, 0.4) is 0 Å². The van der Waals surface area contributed by atoms with Crippen LogP contribution in [0.1, 0.15) is 18.7 Å². The molecule has 8 N–H and O–H groups in total. The fourth-order valence-corrected chi connectivity index (χ4v) is 4.00. The Morgan fingerprint density at radius 3 is 2.66 bits per heavy atom. The molecule has 0 radical (unpaired) electrons. The quantitative estimate of drug-likeness (QED) is 0.212. The summed E-state index contributed by atoms with van der Waals surface area (Å²) >= 11 is 0. The van der Waals surface area contributed by atoms with Crippen LogP contribution in [-0.4, -0.2) is 78.5 Å². The predicted octanol–water partition coefficient (Wildman–Crippen LogP) is -1.78. The van der Waals surface area contributed by atoms with Crippen molar-refractivity contribution < 1.29 is 24.5 Å². The Kier molecular flexibility index (Phi) is 7.21. The molecule has 1 fully saturated rings. The molecular formula is C22H28N8O5. The number of aromatic nitrogens is 4. The Morgan fingerprint density at radius 2 is 1.94 bits per heavy atom. The van der Waals surface area contributed by atoms with Gasteiger partial charge in [0.1, 0.15) is 30.1 Å². The maximum atomic E-state index is 12.8. The average molecular weight is 485 g/mol. The molecule has 0 saturated carbocycles. The largest absolute Gasteiger partial charge is 0.394 e. The summed E-state index contributed by atoms with van der Waals surface area (Å²) in [5, 5.41) is 26.0. The molecule has 1 aliphatic heterocycles. The van der Waals surface area contributed by atoms with Crippen molar-refractivity contribution in [2.75, 3.05) is 12.3 Å². The highest BCUT2D eigenvalue weighted by Crippen LogP contribution is 2.31. The Balaban J connectivity index is 1.40. The molecule has 0 spiro atoms. The van der Waals surface area contributed by atoms with Gasteiger partial charge in [0.15, 0.2) is 17.7 Å². The van der Waals surface area contributed by atoms with E-state index in [2.05, 4.69) is 25.6 Å². The third-order valence-corrected chi connectivity index (χ3v) is 5.91. The molecule has 35 heavy (non-hydrogen) atoms. The number of anilines is 1. The van der Waals surface area contributed by atoms with E-state index in [-0.39, 0.29) is 5.82 Å². The molecule has 0 aliphatic carbocycles. The highest BCUT2D eigenvalue weighted by Gasteiger charge is 2.46. The van der Waals surface area contributed by atoms with E-state index in [1.165, 1.54) is 24.1 Å². The van der Waals surface area contributed by atoms with Crippen LogP contribution in [-0.2, 0) is 20.7 Å². The average Bonchev–Trinajstić information content (AvgIpc) is 3.41. The van der Waals surface area contributed by atoms with Crippen LogP contribution in [0.4, 0.5) is 5.82 Å². The number of nitrogen functional groups attached to an aromatic ring is 1. The molecule has 2 amide bonds. The van der Waals surface area contributed by atoms with Gasteiger partial charge >= 0.3 is 0 Å². The number of hydrogen-bond donors (Lipinski definition) is 6. The van der Waals surface area contributed by atoms with Crippen LogP contribution in [0.25, 0.3) is 11.2 Å². The SMILES string of the molecule is C[C@H](NC(=O)[C@H](N)Cc1ccccc1)C(=O)N[C@H]1[C@@H](O)[C@@H](n2cnc3c(N)ncnc32)O[C@H]1CO. The molecule has 3 heterocycles. The molecule has 1 aliphatic rings. The van der Waals surface area contributed by atoms with Crippen molar-refractivity contribution in [3.05, 3.63) is 48.5 Å². The van der Waals surface area contributed by atoms with Gasteiger partial charge in [-0.25, -0.2) is 15.0 Å². The highest BCUT2D eigenvalue weighted by molar-refractivity contribution is 5.89. The smallest absolute Gasteiger partial charge is 0.242 e. The lowest BCUT2D eigenvalue weighted by atomic mass is 10.1. The zero-order chi connectivity index (χ0) is 25.1.